The minimum absolute atomic E-state index is 0.174. The lowest BCUT2D eigenvalue weighted by Gasteiger charge is -2.21. The third-order valence-electron chi connectivity index (χ3n) is 3.90. The molecule has 0 radical (unpaired) electrons. The van der Waals surface area contributed by atoms with Crippen LogP contribution in [0.15, 0.2) is 12.3 Å². The Balaban J connectivity index is 2.19. The zero-order valence-electron chi connectivity index (χ0n) is 12.3. The molecule has 0 atom stereocenters. The summed E-state index contributed by atoms with van der Waals surface area (Å²) >= 11 is 0. The van der Waals surface area contributed by atoms with Crippen LogP contribution >= 0.6 is 0 Å². The molecule has 0 aromatic carbocycles. The summed E-state index contributed by atoms with van der Waals surface area (Å²) in [6, 6.07) is 1.28. The first-order chi connectivity index (χ1) is 10.0. The SMILES string of the molecule is CNc1ncc([N+](=O)[O-])cc1C(=O)N(C)CC1CCCC1. The molecule has 1 aliphatic carbocycles. The second-order valence-electron chi connectivity index (χ2n) is 5.43. The fraction of sp³-hybridized carbons (Fsp3) is 0.571. The van der Waals surface area contributed by atoms with Crippen molar-refractivity contribution in [1.29, 1.82) is 0 Å². The van der Waals surface area contributed by atoms with Gasteiger partial charge >= 0.3 is 0 Å². The lowest BCUT2D eigenvalue weighted by atomic mass is 10.1. The quantitative estimate of drug-likeness (QED) is 0.664. The minimum Gasteiger partial charge on any atom is -0.372 e. The Labute approximate surface area is 123 Å². The van der Waals surface area contributed by atoms with Crippen molar-refractivity contribution in [3.05, 3.63) is 27.9 Å². The fourth-order valence-corrected chi connectivity index (χ4v) is 2.78. The van der Waals surface area contributed by atoms with Gasteiger partial charge in [0.2, 0.25) is 0 Å². The summed E-state index contributed by atoms with van der Waals surface area (Å²) in [5.74, 6) is 0.662. The summed E-state index contributed by atoms with van der Waals surface area (Å²) in [5.41, 5.74) is 0.0683. The molecule has 1 saturated carbocycles. The fourth-order valence-electron chi connectivity index (χ4n) is 2.78. The normalized spacial score (nSPS) is 15.0. The molecule has 1 fully saturated rings. The third kappa shape index (κ3) is 3.48. The zero-order valence-corrected chi connectivity index (χ0v) is 12.3. The highest BCUT2D eigenvalue weighted by atomic mass is 16.6. The van der Waals surface area contributed by atoms with Crippen LogP contribution < -0.4 is 5.32 Å². The van der Waals surface area contributed by atoms with E-state index in [4.69, 9.17) is 0 Å². The average molecular weight is 292 g/mol. The van der Waals surface area contributed by atoms with Gasteiger partial charge in [-0.3, -0.25) is 14.9 Å². The summed E-state index contributed by atoms with van der Waals surface area (Å²) in [6.07, 6.45) is 5.87. The first kappa shape index (κ1) is 15.2. The predicted molar refractivity (Wildman–Crippen MR) is 79.4 cm³/mol. The topological polar surface area (TPSA) is 88.4 Å². The smallest absolute Gasteiger partial charge is 0.288 e. The van der Waals surface area contributed by atoms with Gasteiger partial charge in [0, 0.05) is 26.7 Å². The van der Waals surface area contributed by atoms with Gasteiger partial charge in [0.05, 0.1) is 10.5 Å². The van der Waals surface area contributed by atoms with Crippen molar-refractivity contribution in [2.24, 2.45) is 5.92 Å². The van der Waals surface area contributed by atoms with E-state index in [1.54, 1.807) is 19.0 Å². The number of nitrogens with one attached hydrogen (secondary N) is 1. The third-order valence-corrected chi connectivity index (χ3v) is 3.90. The van der Waals surface area contributed by atoms with Gasteiger partial charge < -0.3 is 10.2 Å². The molecule has 1 N–H and O–H groups in total. The number of hydrogen-bond donors (Lipinski definition) is 1. The molecule has 1 heterocycles. The molecule has 1 aromatic rings. The predicted octanol–water partition coefficient (Wildman–Crippen LogP) is 2.29. The van der Waals surface area contributed by atoms with Crippen LogP contribution in [0.1, 0.15) is 36.0 Å². The van der Waals surface area contributed by atoms with E-state index in [-0.39, 0.29) is 17.2 Å². The van der Waals surface area contributed by atoms with Gasteiger partial charge in [-0.15, -0.1) is 0 Å². The van der Waals surface area contributed by atoms with E-state index in [0.717, 1.165) is 19.0 Å². The van der Waals surface area contributed by atoms with Crippen molar-refractivity contribution in [3.63, 3.8) is 0 Å². The largest absolute Gasteiger partial charge is 0.372 e. The van der Waals surface area contributed by atoms with Crippen molar-refractivity contribution in [2.75, 3.05) is 26.0 Å². The summed E-state index contributed by atoms with van der Waals surface area (Å²) in [5, 5.41) is 13.7. The Morgan fingerprint density at radius 1 is 1.52 bits per heavy atom. The van der Waals surface area contributed by atoms with Gasteiger partial charge in [0.15, 0.2) is 0 Å². The average Bonchev–Trinajstić information content (AvgIpc) is 2.98. The molecule has 0 saturated heterocycles. The summed E-state index contributed by atoms with van der Waals surface area (Å²) in [4.78, 5) is 28.4. The first-order valence-corrected chi connectivity index (χ1v) is 7.10. The van der Waals surface area contributed by atoms with E-state index in [1.165, 1.54) is 18.9 Å². The molecule has 21 heavy (non-hydrogen) atoms. The van der Waals surface area contributed by atoms with E-state index in [0.29, 0.717) is 18.3 Å². The van der Waals surface area contributed by atoms with Gasteiger partial charge in [0.1, 0.15) is 12.0 Å². The van der Waals surface area contributed by atoms with E-state index in [2.05, 4.69) is 10.3 Å². The van der Waals surface area contributed by atoms with E-state index in [9.17, 15) is 14.9 Å². The van der Waals surface area contributed by atoms with Crippen molar-refractivity contribution >= 4 is 17.4 Å². The molecular formula is C14H20N4O3. The summed E-state index contributed by atoms with van der Waals surface area (Å²) < 4.78 is 0. The molecule has 7 heteroatoms. The summed E-state index contributed by atoms with van der Waals surface area (Å²) in [6.45, 7) is 0.685. The molecule has 1 aromatic heterocycles. The van der Waals surface area contributed by atoms with Gasteiger partial charge in [-0.2, -0.15) is 0 Å². The van der Waals surface area contributed by atoms with Crippen LogP contribution in [0.5, 0.6) is 0 Å². The Bertz CT molecular complexity index is 541. The number of rotatable bonds is 5. The molecule has 7 nitrogen and oxygen atoms in total. The molecule has 2 rings (SSSR count). The van der Waals surface area contributed by atoms with Crippen molar-refractivity contribution in [3.8, 4) is 0 Å². The Morgan fingerprint density at radius 2 is 2.19 bits per heavy atom. The van der Waals surface area contributed by atoms with Crippen LogP contribution in [0.2, 0.25) is 0 Å². The molecule has 0 aliphatic heterocycles. The second-order valence-corrected chi connectivity index (χ2v) is 5.43. The number of nitrogens with zero attached hydrogens (tertiary/aromatic N) is 3. The van der Waals surface area contributed by atoms with Crippen LogP contribution in [0, 0.1) is 16.0 Å². The Kier molecular flexibility index (Phi) is 4.72. The van der Waals surface area contributed by atoms with Crippen LogP contribution in [-0.2, 0) is 0 Å². The maximum absolute atomic E-state index is 12.5. The molecule has 114 valence electrons. The monoisotopic (exact) mass is 292 g/mol. The number of carbonyl (C=O) groups excluding carboxylic acids is 1. The van der Waals surface area contributed by atoms with Gasteiger partial charge in [0.25, 0.3) is 11.6 Å². The van der Waals surface area contributed by atoms with Crippen molar-refractivity contribution < 1.29 is 9.72 Å². The number of pyridine rings is 1. The maximum atomic E-state index is 12.5. The molecule has 0 spiro atoms. The lowest BCUT2D eigenvalue weighted by Crippen LogP contribution is -2.31. The maximum Gasteiger partial charge on any atom is 0.288 e. The standard InChI is InChI=1S/C14H20N4O3/c1-15-13-12(7-11(8-16-13)18(20)21)14(19)17(2)9-10-5-3-4-6-10/h7-8,10H,3-6,9H2,1-2H3,(H,15,16). The van der Waals surface area contributed by atoms with Crippen LogP contribution in [0.3, 0.4) is 0 Å². The Morgan fingerprint density at radius 3 is 2.76 bits per heavy atom. The van der Waals surface area contributed by atoms with Gasteiger partial charge in [-0.05, 0) is 18.8 Å². The van der Waals surface area contributed by atoms with Crippen LogP contribution in [0.4, 0.5) is 11.5 Å². The molecule has 0 unspecified atom stereocenters. The molecular weight excluding hydrogens is 272 g/mol. The summed E-state index contributed by atoms with van der Waals surface area (Å²) in [7, 11) is 3.38. The number of amides is 1. The second kappa shape index (κ2) is 6.51. The highest BCUT2D eigenvalue weighted by Gasteiger charge is 2.24. The van der Waals surface area contributed by atoms with Crippen molar-refractivity contribution in [1.82, 2.24) is 9.88 Å². The zero-order chi connectivity index (χ0) is 15.4. The number of aromatic nitrogens is 1. The van der Waals surface area contributed by atoms with Gasteiger partial charge in [-0.1, -0.05) is 12.8 Å². The van der Waals surface area contributed by atoms with E-state index >= 15 is 0 Å². The first-order valence-electron chi connectivity index (χ1n) is 7.10. The van der Waals surface area contributed by atoms with E-state index < -0.39 is 4.92 Å². The van der Waals surface area contributed by atoms with Crippen LogP contribution in [0.25, 0.3) is 0 Å². The highest BCUT2D eigenvalue weighted by molar-refractivity contribution is 5.99. The van der Waals surface area contributed by atoms with Crippen LogP contribution in [-0.4, -0.2) is 41.4 Å². The minimum atomic E-state index is -0.541. The number of carbonyl (C=O) groups is 1. The molecule has 0 bridgehead atoms. The number of nitro groups is 1. The molecule has 1 amide bonds. The molecule has 1 aliphatic rings. The van der Waals surface area contributed by atoms with Gasteiger partial charge in [-0.25, -0.2) is 4.98 Å². The lowest BCUT2D eigenvalue weighted by molar-refractivity contribution is -0.385. The van der Waals surface area contributed by atoms with Crippen molar-refractivity contribution in [2.45, 2.75) is 25.7 Å². The number of hydrogen-bond acceptors (Lipinski definition) is 5. The Hall–Kier alpha value is -2.18. The van der Waals surface area contributed by atoms with E-state index in [1.807, 2.05) is 0 Å². The number of anilines is 1. The highest BCUT2D eigenvalue weighted by Crippen LogP contribution is 2.26.